The van der Waals surface area contributed by atoms with Gasteiger partial charge < -0.3 is 9.64 Å². The number of amides is 1. The van der Waals surface area contributed by atoms with Crippen molar-refractivity contribution in [2.24, 2.45) is 0 Å². The predicted molar refractivity (Wildman–Crippen MR) is 81.6 cm³/mol. The number of aromatic nitrogens is 1. The summed E-state index contributed by atoms with van der Waals surface area (Å²) in [5.74, 6) is 6.15. The molecule has 0 aliphatic carbocycles. The maximum atomic E-state index is 11.9. The molecule has 2 heterocycles. The molecule has 4 heteroatoms. The lowest BCUT2D eigenvalue weighted by Gasteiger charge is -2.28. The zero-order valence-corrected chi connectivity index (χ0v) is 12.7. The summed E-state index contributed by atoms with van der Waals surface area (Å²) in [7, 11) is 0. The Kier molecular flexibility index (Phi) is 4.64. The van der Waals surface area contributed by atoms with Crippen LogP contribution in [0.5, 0.6) is 0 Å². The number of hydrogen-bond donors (Lipinski definition) is 0. The van der Waals surface area contributed by atoms with Crippen LogP contribution in [0.3, 0.4) is 0 Å². The fourth-order valence-electron chi connectivity index (χ4n) is 1.86. The third kappa shape index (κ3) is 4.96. The second kappa shape index (κ2) is 6.45. The zero-order valence-electron chi connectivity index (χ0n) is 12.7. The number of pyridine rings is 1. The van der Waals surface area contributed by atoms with E-state index in [1.54, 1.807) is 11.1 Å². The SMILES string of the molecule is CC(C)(C)OC(=O)N1CC=C(C#Cc2ccccn2)CC1. The zero-order chi connectivity index (χ0) is 15.3. The molecule has 0 saturated heterocycles. The van der Waals surface area contributed by atoms with Gasteiger partial charge in [-0.2, -0.15) is 0 Å². The molecular weight excluding hydrogens is 264 g/mol. The second-order valence-electron chi connectivity index (χ2n) is 5.87. The van der Waals surface area contributed by atoms with Crippen LogP contribution >= 0.6 is 0 Å². The van der Waals surface area contributed by atoms with E-state index in [4.69, 9.17) is 4.74 Å². The van der Waals surface area contributed by atoms with Crippen LogP contribution in [0, 0.1) is 11.8 Å². The molecule has 110 valence electrons. The average Bonchev–Trinajstić information content (AvgIpc) is 2.45. The molecular formula is C17H20N2O2. The van der Waals surface area contributed by atoms with Gasteiger partial charge in [0.2, 0.25) is 0 Å². The maximum Gasteiger partial charge on any atom is 0.410 e. The van der Waals surface area contributed by atoms with Gasteiger partial charge in [-0.3, -0.25) is 0 Å². The van der Waals surface area contributed by atoms with Crippen LogP contribution in [0.1, 0.15) is 32.9 Å². The van der Waals surface area contributed by atoms with Crippen molar-refractivity contribution in [3.63, 3.8) is 0 Å². The number of hydrogen-bond acceptors (Lipinski definition) is 3. The van der Waals surface area contributed by atoms with Crippen LogP contribution in [-0.4, -0.2) is 34.7 Å². The van der Waals surface area contributed by atoms with Gasteiger partial charge in [-0.05, 0) is 45.2 Å². The van der Waals surface area contributed by atoms with Gasteiger partial charge in [0, 0.05) is 24.9 Å². The molecule has 1 aromatic heterocycles. The Bertz CT molecular complexity index is 589. The molecule has 1 aliphatic heterocycles. The van der Waals surface area contributed by atoms with Crippen LogP contribution in [0.4, 0.5) is 4.79 Å². The first-order chi connectivity index (χ1) is 9.94. The molecule has 0 aromatic carbocycles. The molecule has 1 aliphatic rings. The fourth-order valence-corrected chi connectivity index (χ4v) is 1.86. The molecule has 1 aromatic rings. The van der Waals surface area contributed by atoms with Crippen molar-refractivity contribution in [1.82, 2.24) is 9.88 Å². The third-order valence-electron chi connectivity index (χ3n) is 2.88. The summed E-state index contributed by atoms with van der Waals surface area (Å²) in [5.41, 5.74) is 1.34. The minimum atomic E-state index is -0.458. The van der Waals surface area contributed by atoms with Gasteiger partial charge in [-0.1, -0.05) is 18.1 Å². The largest absolute Gasteiger partial charge is 0.444 e. The van der Waals surface area contributed by atoms with E-state index in [9.17, 15) is 4.79 Å². The van der Waals surface area contributed by atoms with Crippen molar-refractivity contribution in [2.45, 2.75) is 32.8 Å². The monoisotopic (exact) mass is 284 g/mol. The van der Waals surface area contributed by atoms with Crippen LogP contribution in [0.2, 0.25) is 0 Å². The van der Waals surface area contributed by atoms with Crippen LogP contribution in [-0.2, 0) is 4.74 Å². The molecule has 1 amide bonds. The summed E-state index contributed by atoms with van der Waals surface area (Å²) in [6, 6.07) is 5.66. The van der Waals surface area contributed by atoms with E-state index in [1.165, 1.54) is 0 Å². The van der Waals surface area contributed by atoms with Gasteiger partial charge >= 0.3 is 6.09 Å². The highest BCUT2D eigenvalue weighted by atomic mass is 16.6. The van der Waals surface area contributed by atoms with Crippen molar-refractivity contribution in [1.29, 1.82) is 0 Å². The third-order valence-corrected chi connectivity index (χ3v) is 2.88. The molecule has 0 bridgehead atoms. The van der Waals surface area contributed by atoms with E-state index in [0.717, 1.165) is 17.7 Å². The predicted octanol–water partition coefficient (Wildman–Crippen LogP) is 3.00. The summed E-state index contributed by atoms with van der Waals surface area (Å²) in [5, 5.41) is 0. The van der Waals surface area contributed by atoms with Crippen molar-refractivity contribution < 1.29 is 9.53 Å². The minimum Gasteiger partial charge on any atom is -0.444 e. The van der Waals surface area contributed by atoms with Gasteiger partial charge in [-0.15, -0.1) is 0 Å². The summed E-state index contributed by atoms with van der Waals surface area (Å²) < 4.78 is 5.35. The van der Waals surface area contributed by atoms with Crippen molar-refractivity contribution >= 4 is 6.09 Å². The summed E-state index contributed by atoms with van der Waals surface area (Å²) in [4.78, 5) is 17.8. The molecule has 0 spiro atoms. The van der Waals surface area contributed by atoms with E-state index in [0.29, 0.717) is 13.1 Å². The highest BCUT2D eigenvalue weighted by Gasteiger charge is 2.23. The standard InChI is InChI=1S/C17H20N2O2/c1-17(2,3)21-16(20)19-12-9-14(10-13-19)7-8-15-6-4-5-11-18-15/h4-6,9,11H,10,12-13H2,1-3H3. The fraction of sp³-hybridized carbons (Fsp3) is 0.412. The quantitative estimate of drug-likeness (QED) is 0.688. The van der Waals surface area contributed by atoms with E-state index < -0.39 is 5.60 Å². The number of carbonyl (C=O) groups is 1. The first-order valence-corrected chi connectivity index (χ1v) is 7.04. The molecule has 0 saturated carbocycles. The molecule has 0 radical (unpaired) electrons. The molecule has 0 N–H and O–H groups in total. The van der Waals surface area contributed by atoms with Crippen LogP contribution in [0.15, 0.2) is 36.0 Å². The lowest BCUT2D eigenvalue weighted by Crippen LogP contribution is -2.39. The molecule has 4 nitrogen and oxygen atoms in total. The Labute approximate surface area is 125 Å². The first-order valence-electron chi connectivity index (χ1n) is 7.04. The number of rotatable bonds is 0. The van der Waals surface area contributed by atoms with E-state index in [1.807, 2.05) is 45.0 Å². The first kappa shape index (κ1) is 15.1. The Morgan fingerprint density at radius 1 is 1.33 bits per heavy atom. The number of ether oxygens (including phenoxy) is 1. The Balaban J connectivity index is 1.94. The Morgan fingerprint density at radius 3 is 2.71 bits per heavy atom. The van der Waals surface area contributed by atoms with E-state index in [2.05, 4.69) is 16.8 Å². The van der Waals surface area contributed by atoms with Gasteiger partial charge in [-0.25, -0.2) is 9.78 Å². The number of nitrogens with zero attached hydrogens (tertiary/aromatic N) is 2. The van der Waals surface area contributed by atoms with Crippen molar-refractivity contribution in [3.8, 4) is 11.8 Å². The lowest BCUT2D eigenvalue weighted by atomic mass is 10.1. The highest BCUT2D eigenvalue weighted by Crippen LogP contribution is 2.15. The summed E-state index contributed by atoms with van der Waals surface area (Å²) >= 11 is 0. The highest BCUT2D eigenvalue weighted by molar-refractivity contribution is 5.68. The molecule has 0 unspecified atom stereocenters. The lowest BCUT2D eigenvalue weighted by molar-refractivity contribution is 0.0267. The maximum absolute atomic E-state index is 11.9. The number of carbonyl (C=O) groups excluding carboxylic acids is 1. The van der Waals surface area contributed by atoms with Gasteiger partial charge in [0.05, 0.1) is 0 Å². The normalized spacial score (nSPS) is 14.8. The van der Waals surface area contributed by atoms with E-state index in [-0.39, 0.29) is 6.09 Å². The topological polar surface area (TPSA) is 42.4 Å². The average molecular weight is 284 g/mol. The second-order valence-corrected chi connectivity index (χ2v) is 5.87. The smallest absolute Gasteiger partial charge is 0.410 e. The van der Waals surface area contributed by atoms with E-state index >= 15 is 0 Å². The van der Waals surface area contributed by atoms with Crippen molar-refractivity contribution in [2.75, 3.05) is 13.1 Å². The van der Waals surface area contributed by atoms with Gasteiger partial charge in [0.1, 0.15) is 11.3 Å². The summed E-state index contributed by atoms with van der Waals surface area (Å²) in [6.45, 7) is 6.79. The van der Waals surface area contributed by atoms with Crippen LogP contribution < -0.4 is 0 Å². The molecule has 0 fully saturated rings. The Hall–Kier alpha value is -2.28. The molecule has 0 atom stereocenters. The van der Waals surface area contributed by atoms with Crippen molar-refractivity contribution in [3.05, 3.63) is 41.7 Å². The van der Waals surface area contributed by atoms with Crippen LogP contribution in [0.25, 0.3) is 0 Å². The molecule has 21 heavy (non-hydrogen) atoms. The summed E-state index contributed by atoms with van der Waals surface area (Å²) in [6.07, 6.45) is 4.18. The Morgan fingerprint density at radius 2 is 2.14 bits per heavy atom. The van der Waals surface area contributed by atoms with Gasteiger partial charge in [0.25, 0.3) is 0 Å². The molecule has 2 rings (SSSR count). The minimum absolute atomic E-state index is 0.268. The van der Waals surface area contributed by atoms with Gasteiger partial charge in [0.15, 0.2) is 0 Å².